The molecule has 0 N–H and O–H groups in total. The van der Waals surface area contributed by atoms with Gasteiger partial charge >= 0.3 is 0 Å². The van der Waals surface area contributed by atoms with Gasteiger partial charge in [0.15, 0.2) is 5.82 Å². The summed E-state index contributed by atoms with van der Waals surface area (Å²) in [4.78, 5) is 15.4. The average molecular weight is 201 g/mol. The highest BCUT2D eigenvalue weighted by Crippen LogP contribution is 2.12. The normalized spacial score (nSPS) is 10.3. The molecule has 0 atom stereocenters. The molecule has 0 saturated heterocycles. The Labute approximate surface area is 87.2 Å². The molecule has 0 aliphatic heterocycles. The van der Waals surface area contributed by atoms with Crippen molar-refractivity contribution in [2.24, 2.45) is 7.05 Å². The van der Waals surface area contributed by atoms with E-state index in [-0.39, 0.29) is 5.56 Å². The number of aryl methyl sites for hydroxylation is 2. The van der Waals surface area contributed by atoms with Gasteiger partial charge in [-0.15, -0.1) is 0 Å². The molecule has 76 valence electrons. The van der Waals surface area contributed by atoms with Crippen molar-refractivity contribution in [3.05, 3.63) is 46.4 Å². The zero-order valence-corrected chi connectivity index (χ0v) is 8.64. The minimum Gasteiger partial charge on any atom is -0.265 e. The SMILES string of the molecule is Cc1nn(C)c(-c2ccccc2)nc1=O. The van der Waals surface area contributed by atoms with Gasteiger partial charge in [0.05, 0.1) is 0 Å². The Balaban J connectivity index is 2.64. The molecule has 2 rings (SSSR count). The second-order valence-corrected chi connectivity index (χ2v) is 3.32. The van der Waals surface area contributed by atoms with Gasteiger partial charge in [0.2, 0.25) is 0 Å². The topological polar surface area (TPSA) is 47.8 Å². The van der Waals surface area contributed by atoms with Gasteiger partial charge in [-0.1, -0.05) is 30.3 Å². The van der Waals surface area contributed by atoms with E-state index in [1.54, 1.807) is 18.7 Å². The minimum atomic E-state index is -0.271. The molecule has 4 heteroatoms. The summed E-state index contributed by atoms with van der Waals surface area (Å²) >= 11 is 0. The summed E-state index contributed by atoms with van der Waals surface area (Å²) in [5.41, 5.74) is 1.04. The molecule has 1 aromatic heterocycles. The standard InChI is InChI=1S/C11H11N3O/c1-8-11(15)12-10(14(2)13-8)9-6-4-3-5-7-9/h3-7H,1-2H3. The highest BCUT2D eigenvalue weighted by Gasteiger charge is 2.05. The summed E-state index contributed by atoms with van der Waals surface area (Å²) in [6.07, 6.45) is 0. The molecule has 0 radical (unpaired) electrons. The molecular weight excluding hydrogens is 190 g/mol. The van der Waals surface area contributed by atoms with Crippen LogP contribution in [0.4, 0.5) is 0 Å². The largest absolute Gasteiger partial charge is 0.294 e. The van der Waals surface area contributed by atoms with Crippen LogP contribution in [-0.4, -0.2) is 14.8 Å². The lowest BCUT2D eigenvalue weighted by atomic mass is 10.2. The maximum Gasteiger partial charge on any atom is 0.294 e. The Morgan fingerprint density at radius 3 is 2.53 bits per heavy atom. The fourth-order valence-corrected chi connectivity index (χ4v) is 1.40. The van der Waals surface area contributed by atoms with Crippen molar-refractivity contribution >= 4 is 0 Å². The lowest BCUT2D eigenvalue weighted by molar-refractivity contribution is 0.697. The van der Waals surface area contributed by atoms with E-state index < -0.39 is 0 Å². The van der Waals surface area contributed by atoms with E-state index in [0.29, 0.717) is 11.5 Å². The number of aromatic nitrogens is 3. The predicted molar refractivity (Wildman–Crippen MR) is 57.4 cm³/mol. The summed E-state index contributed by atoms with van der Waals surface area (Å²) in [5.74, 6) is 0.589. The Morgan fingerprint density at radius 2 is 1.87 bits per heavy atom. The molecule has 0 spiro atoms. The van der Waals surface area contributed by atoms with Crippen LogP contribution in [0.3, 0.4) is 0 Å². The maximum absolute atomic E-state index is 11.4. The van der Waals surface area contributed by atoms with Crippen molar-refractivity contribution in [2.75, 3.05) is 0 Å². The number of hydrogen-bond donors (Lipinski definition) is 0. The first-order chi connectivity index (χ1) is 7.18. The van der Waals surface area contributed by atoms with Crippen LogP contribution in [0.15, 0.2) is 35.1 Å². The van der Waals surface area contributed by atoms with Gasteiger partial charge in [-0.3, -0.25) is 4.79 Å². The van der Waals surface area contributed by atoms with Crippen LogP contribution in [0.1, 0.15) is 5.69 Å². The molecule has 1 aromatic carbocycles. The lowest BCUT2D eigenvalue weighted by Crippen LogP contribution is -2.19. The van der Waals surface area contributed by atoms with Crippen LogP contribution >= 0.6 is 0 Å². The van der Waals surface area contributed by atoms with Crippen LogP contribution in [0.5, 0.6) is 0 Å². The predicted octanol–water partition coefficient (Wildman–Crippen LogP) is 1.15. The Morgan fingerprint density at radius 1 is 1.20 bits per heavy atom. The number of hydrogen-bond acceptors (Lipinski definition) is 3. The molecule has 0 saturated carbocycles. The van der Waals surface area contributed by atoms with Crippen molar-refractivity contribution in [3.8, 4) is 11.4 Å². The summed E-state index contributed by atoms with van der Waals surface area (Å²) in [5, 5.41) is 4.09. The quantitative estimate of drug-likeness (QED) is 0.695. The molecular formula is C11H11N3O. The second-order valence-electron chi connectivity index (χ2n) is 3.32. The first-order valence-corrected chi connectivity index (χ1v) is 4.66. The van der Waals surface area contributed by atoms with Crippen LogP contribution < -0.4 is 5.56 Å². The second kappa shape index (κ2) is 3.65. The van der Waals surface area contributed by atoms with E-state index >= 15 is 0 Å². The zero-order valence-electron chi connectivity index (χ0n) is 8.64. The molecule has 0 fully saturated rings. The smallest absolute Gasteiger partial charge is 0.265 e. The molecule has 15 heavy (non-hydrogen) atoms. The van der Waals surface area contributed by atoms with E-state index in [2.05, 4.69) is 10.1 Å². The monoisotopic (exact) mass is 201 g/mol. The lowest BCUT2D eigenvalue weighted by Gasteiger charge is -2.06. The van der Waals surface area contributed by atoms with Crippen LogP contribution in [-0.2, 0) is 7.05 Å². The third kappa shape index (κ3) is 1.79. The summed E-state index contributed by atoms with van der Waals surface area (Å²) < 4.78 is 1.62. The fraction of sp³-hybridized carbons (Fsp3) is 0.182. The summed E-state index contributed by atoms with van der Waals surface area (Å²) in [7, 11) is 1.78. The van der Waals surface area contributed by atoms with E-state index in [1.165, 1.54) is 0 Å². The third-order valence-electron chi connectivity index (χ3n) is 2.16. The van der Waals surface area contributed by atoms with E-state index in [1.807, 2.05) is 30.3 Å². The third-order valence-corrected chi connectivity index (χ3v) is 2.16. The van der Waals surface area contributed by atoms with Gasteiger partial charge in [0.25, 0.3) is 5.56 Å². The van der Waals surface area contributed by atoms with Gasteiger partial charge in [0.1, 0.15) is 5.69 Å². The molecule has 0 aliphatic rings. The van der Waals surface area contributed by atoms with Crippen molar-refractivity contribution in [1.82, 2.24) is 14.8 Å². The van der Waals surface area contributed by atoms with E-state index in [0.717, 1.165) is 5.56 Å². The van der Waals surface area contributed by atoms with Crippen molar-refractivity contribution in [3.63, 3.8) is 0 Å². The van der Waals surface area contributed by atoms with Crippen LogP contribution in [0.25, 0.3) is 11.4 Å². The number of benzene rings is 1. The Kier molecular flexibility index (Phi) is 2.33. The van der Waals surface area contributed by atoms with E-state index in [9.17, 15) is 4.79 Å². The number of rotatable bonds is 1. The molecule has 0 bridgehead atoms. The van der Waals surface area contributed by atoms with Crippen LogP contribution in [0, 0.1) is 6.92 Å². The molecule has 4 nitrogen and oxygen atoms in total. The Bertz CT molecular complexity index is 531. The van der Waals surface area contributed by atoms with Gasteiger partial charge < -0.3 is 0 Å². The highest BCUT2D eigenvalue weighted by molar-refractivity contribution is 5.54. The molecule has 0 aliphatic carbocycles. The van der Waals surface area contributed by atoms with Crippen molar-refractivity contribution < 1.29 is 0 Å². The van der Waals surface area contributed by atoms with Crippen LogP contribution in [0.2, 0.25) is 0 Å². The maximum atomic E-state index is 11.4. The summed E-state index contributed by atoms with van der Waals surface area (Å²) in [6.45, 7) is 1.66. The van der Waals surface area contributed by atoms with E-state index in [4.69, 9.17) is 0 Å². The Hall–Kier alpha value is -1.97. The van der Waals surface area contributed by atoms with Gasteiger partial charge in [-0.2, -0.15) is 10.1 Å². The highest BCUT2D eigenvalue weighted by atomic mass is 16.1. The van der Waals surface area contributed by atoms with Crippen molar-refractivity contribution in [2.45, 2.75) is 6.92 Å². The fourth-order valence-electron chi connectivity index (χ4n) is 1.40. The molecule has 0 amide bonds. The number of nitrogens with zero attached hydrogens (tertiary/aromatic N) is 3. The molecule has 0 unspecified atom stereocenters. The summed E-state index contributed by atoms with van der Waals surface area (Å²) in [6, 6.07) is 9.53. The first-order valence-electron chi connectivity index (χ1n) is 4.66. The molecule has 1 heterocycles. The molecule has 2 aromatic rings. The zero-order chi connectivity index (χ0) is 10.8. The van der Waals surface area contributed by atoms with Gasteiger partial charge in [-0.05, 0) is 6.92 Å². The van der Waals surface area contributed by atoms with Gasteiger partial charge in [0, 0.05) is 12.6 Å². The van der Waals surface area contributed by atoms with Crippen molar-refractivity contribution in [1.29, 1.82) is 0 Å². The first kappa shape index (κ1) is 9.58. The van der Waals surface area contributed by atoms with Gasteiger partial charge in [-0.25, -0.2) is 4.68 Å². The minimum absolute atomic E-state index is 0.271. The average Bonchev–Trinajstić information content (AvgIpc) is 2.25.